The molecule has 0 bridgehead atoms. The van der Waals surface area contributed by atoms with Crippen molar-refractivity contribution in [3.8, 4) is 0 Å². The van der Waals surface area contributed by atoms with Crippen molar-refractivity contribution in [2.24, 2.45) is 0 Å². The Kier molecular flexibility index (Phi) is 5.72. The quantitative estimate of drug-likeness (QED) is 0.732. The van der Waals surface area contributed by atoms with Gasteiger partial charge in [0.2, 0.25) is 0 Å². The maximum absolute atomic E-state index is 13.5. The van der Waals surface area contributed by atoms with Crippen LogP contribution in [0.1, 0.15) is 22.8 Å². The number of carbonyl (C=O) groups is 1. The minimum atomic E-state index is -4.75. The highest BCUT2D eigenvalue weighted by atomic mass is 32.2. The predicted molar refractivity (Wildman–Crippen MR) is 104 cm³/mol. The van der Waals surface area contributed by atoms with E-state index < -0.39 is 39.3 Å². The summed E-state index contributed by atoms with van der Waals surface area (Å²) in [7, 11) is 1.80. The second-order valence-electron chi connectivity index (χ2n) is 6.60. The SMILES string of the molecule is [B]c1ccc(S(=O)(=O)N2CCN(c3ccc(C(=O)O)cc3C(F)(F)F)C[C@H]2C)s1. The Labute approximate surface area is 171 Å². The van der Waals surface area contributed by atoms with Crippen LogP contribution in [-0.4, -0.2) is 57.3 Å². The lowest BCUT2D eigenvalue weighted by atomic mass is 10.1. The van der Waals surface area contributed by atoms with Gasteiger partial charge in [-0.1, -0.05) is 6.07 Å². The molecule has 0 unspecified atom stereocenters. The van der Waals surface area contributed by atoms with E-state index in [9.17, 15) is 26.4 Å². The Bertz CT molecular complexity index is 1040. The zero-order valence-electron chi connectivity index (χ0n) is 15.2. The van der Waals surface area contributed by atoms with Gasteiger partial charge in [0.05, 0.1) is 11.1 Å². The smallest absolute Gasteiger partial charge is 0.418 e. The van der Waals surface area contributed by atoms with E-state index in [-0.39, 0.29) is 29.5 Å². The number of carboxylic acid groups (broad SMARTS) is 1. The number of nitrogens with zero attached hydrogens (tertiary/aromatic N) is 2. The van der Waals surface area contributed by atoms with Crippen LogP contribution in [0.25, 0.3) is 0 Å². The average molecular weight is 444 g/mol. The molecule has 1 aliphatic heterocycles. The van der Waals surface area contributed by atoms with Gasteiger partial charge in [-0.15, -0.1) is 11.3 Å². The fourth-order valence-corrected chi connectivity index (χ4v) is 6.11. The molecule has 0 aliphatic carbocycles. The molecule has 2 aromatic rings. The Morgan fingerprint density at radius 2 is 1.93 bits per heavy atom. The topological polar surface area (TPSA) is 77.9 Å². The first-order valence-electron chi connectivity index (χ1n) is 8.48. The second kappa shape index (κ2) is 7.65. The molecule has 2 radical (unpaired) electrons. The monoisotopic (exact) mass is 444 g/mol. The number of aromatic carboxylic acids is 1. The Hall–Kier alpha value is -2.05. The van der Waals surface area contributed by atoms with E-state index in [4.69, 9.17) is 13.0 Å². The van der Waals surface area contributed by atoms with Crippen molar-refractivity contribution in [1.82, 2.24) is 4.31 Å². The predicted octanol–water partition coefficient (Wildman–Crippen LogP) is 2.16. The lowest BCUT2D eigenvalue weighted by Crippen LogP contribution is -2.54. The molecule has 1 fully saturated rings. The van der Waals surface area contributed by atoms with Gasteiger partial charge in [-0.2, -0.15) is 17.5 Å². The van der Waals surface area contributed by atoms with Crippen LogP contribution in [-0.2, 0) is 16.2 Å². The largest absolute Gasteiger partial charge is 0.478 e. The maximum atomic E-state index is 13.5. The molecule has 1 atom stereocenters. The van der Waals surface area contributed by atoms with Crippen LogP contribution < -0.4 is 9.68 Å². The van der Waals surface area contributed by atoms with E-state index in [1.807, 2.05) is 0 Å². The van der Waals surface area contributed by atoms with Crippen molar-refractivity contribution in [3.63, 3.8) is 0 Å². The molecule has 12 heteroatoms. The number of sulfonamides is 1. The number of halogens is 3. The second-order valence-corrected chi connectivity index (χ2v) is 9.84. The standard InChI is InChI=1S/C17H16BF3N2O4S2/c1-10-9-22(6-7-23(10)29(26,27)15-5-4-14(18)28-15)13-3-2-11(16(24)25)8-12(13)17(19,20)21/h2-5,8,10H,6-7,9H2,1H3,(H,24,25)/t10-/m1/s1. The molecule has 0 spiro atoms. The summed E-state index contributed by atoms with van der Waals surface area (Å²) < 4.78 is 67.8. The number of hydrogen-bond donors (Lipinski definition) is 1. The zero-order valence-corrected chi connectivity index (χ0v) is 16.8. The van der Waals surface area contributed by atoms with Crippen LogP contribution in [0.5, 0.6) is 0 Å². The molecule has 6 nitrogen and oxygen atoms in total. The number of benzene rings is 1. The fourth-order valence-electron chi connectivity index (χ4n) is 3.28. The van der Waals surface area contributed by atoms with Gasteiger partial charge in [0, 0.05) is 31.4 Å². The summed E-state index contributed by atoms with van der Waals surface area (Å²) in [5.41, 5.74) is -1.70. The van der Waals surface area contributed by atoms with Crippen LogP contribution in [0.4, 0.5) is 18.9 Å². The van der Waals surface area contributed by atoms with Crippen molar-refractivity contribution in [2.45, 2.75) is 23.4 Å². The summed E-state index contributed by atoms with van der Waals surface area (Å²) >= 11 is 0.928. The molecule has 3 rings (SSSR count). The minimum Gasteiger partial charge on any atom is -0.478 e. The third-order valence-corrected chi connectivity index (χ3v) is 8.02. The van der Waals surface area contributed by atoms with Gasteiger partial charge in [0.25, 0.3) is 10.0 Å². The molecule has 1 aliphatic rings. The van der Waals surface area contributed by atoms with Crippen LogP contribution >= 0.6 is 11.3 Å². The van der Waals surface area contributed by atoms with Gasteiger partial charge >= 0.3 is 12.1 Å². The van der Waals surface area contributed by atoms with Crippen molar-refractivity contribution in [1.29, 1.82) is 0 Å². The van der Waals surface area contributed by atoms with Crippen molar-refractivity contribution >= 4 is 45.6 Å². The molecule has 1 saturated heterocycles. The Morgan fingerprint density at radius 3 is 2.45 bits per heavy atom. The molecule has 0 amide bonds. The van der Waals surface area contributed by atoms with Crippen LogP contribution in [0.2, 0.25) is 0 Å². The number of piperazine rings is 1. The van der Waals surface area contributed by atoms with E-state index in [2.05, 4.69) is 0 Å². The molecular weight excluding hydrogens is 428 g/mol. The first-order chi connectivity index (χ1) is 13.4. The number of hydrogen-bond acceptors (Lipinski definition) is 5. The maximum Gasteiger partial charge on any atom is 0.418 e. The Balaban J connectivity index is 1.89. The van der Waals surface area contributed by atoms with E-state index in [1.165, 1.54) is 21.3 Å². The Morgan fingerprint density at radius 1 is 1.24 bits per heavy atom. The van der Waals surface area contributed by atoms with Crippen molar-refractivity contribution < 1.29 is 31.5 Å². The lowest BCUT2D eigenvalue weighted by Gasteiger charge is -2.40. The van der Waals surface area contributed by atoms with E-state index in [0.717, 1.165) is 23.5 Å². The highest BCUT2D eigenvalue weighted by molar-refractivity contribution is 7.91. The van der Waals surface area contributed by atoms with Crippen molar-refractivity contribution in [3.05, 3.63) is 41.5 Å². The summed E-state index contributed by atoms with van der Waals surface area (Å²) in [5.74, 6) is -1.46. The highest BCUT2D eigenvalue weighted by Gasteiger charge is 2.39. The number of rotatable bonds is 4. The number of carboxylic acids is 1. The summed E-state index contributed by atoms with van der Waals surface area (Å²) in [5, 5.41) is 8.99. The summed E-state index contributed by atoms with van der Waals surface area (Å²) in [6.07, 6.45) is -4.75. The normalized spacial score (nSPS) is 18.8. The van der Waals surface area contributed by atoms with Crippen LogP contribution in [0.3, 0.4) is 0 Å². The molecular formula is C17H16BF3N2O4S2. The first-order valence-corrected chi connectivity index (χ1v) is 10.7. The third kappa shape index (κ3) is 4.29. The van der Waals surface area contributed by atoms with Crippen LogP contribution in [0.15, 0.2) is 34.5 Å². The van der Waals surface area contributed by atoms with E-state index in [1.54, 1.807) is 6.92 Å². The highest BCUT2D eigenvalue weighted by Crippen LogP contribution is 2.38. The number of alkyl halides is 3. The van der Waals surface area contributed by atoms with Gasteiger partial charge < -0.3 is 10.0 Å². The van der Waals surface area contributed by atoms with Crippen LogP contribution in [0, 0.1) is 0 Å². The minimum absolute atomic E-state index is 0.0146. The van der Waals surface area contributed by atoms with Gasteiger partial charge in [0.1, 0.15) is 12.1 Å². The summed E-state index contributed by atoms with van der Waals surface area (Å²) in [6, 6.07) is 5.11. The average Bonchev–Trinajstić information content (AvgIpc) is 3.07. The first kappa shape index (κ1) is 21.7. The van der Waals surface area contributed by atoms with Gasteiger partial charge in [-0.05, 0) is 36.0 Å². The molecule has 2 heterocycles. The van der Waals surface area contributed by atoms with E-state index >= 15 is 0 Å². The van der Waals surface area contributed by atoms with E-state index in [0.29, 0.717) is 10.8 Å². The summed E-state index contributed by atoms with van der Waals surface area (Å²) in [6.45, 7) is 1.65. The molecule has 0 saturated carbocycles. The molecule has 1 N–H and O–H groups in total. The van der Waals surface area contributed by atoms with Gasteiger partial charge in [-0.25, -0.2) is 13.2 Å². The summed E-state index contributed by atoms with van der Waals surface area (Å²) in [4.78, 5) is 12.5. The number of anilines is 1. The zero-order chi connectivity index (χ0) is 21.6. The molecule has 1 aromatic heterocycles. The molecule has 1 aromatic carbocycles. The van der Waals surface area contributed by atoms with Gasteiger partial charge in [-0.3, -0.25) is 0 Å². The third-order valence-electron chi connectivity index (χ3n) is 4.62. The lowest BCUT2D eigenvalue weighted by molar-refractivity contribution is -0.137. The fraction of sp³-hybridized carbons (Fsp3) is 0.353. The molecule has 154 valence electrons. The molecule has 29 heavy (non-hydrogen) atoms. The van der Waals surface area contributed by atoms with Crippen molar-refractivity contribution in [2.75, 3.05) is 24.5 Å². The number of thiophene rings is 1. The van der Waals surface area contributed by atoms with Gasteiger partial charge in [0.15, 0.2) is 0 Å².